The van der Waals surface area contributed by atoms with Crippen molar-refractivity contribution in [3.63, 3.8) is 0 Å². The van der Waals surface area contributed by atoms with Crippen molar-refractivity contribution in [2.24, 2.45) is 5.73 Å². The molecule has 2 atom stereocenters. The number of rotatable bonds is 4. The Kier molecular flexibility index (Phi) is 4.24. The standard InChI is InChI=1S/C13H18N2O4/c1-17-10-4-3-5-11(18-2)12(10)13(16)15-9-7-19-6-8(9)14/h3-5,8-9H,6-7,14H2,1-2H3,(H,15,16). The van der Waals surface area contributed by atoms with Crippen LogP contribution in [0.3, 0.4) is 0 Å². The summed E-state index contributed by atoms with van der Waals surface area (Å²) in [7, 11) is 3.02. The number of hydrogen-bond acceptors (Lipinski definition) is 5. The Hall–Kier alpha value is -1.79. The van der Waals surface area contributed by atoms with E-state index < -0.39 is 0 Å². The molecule has 1 aromatic carbocycles. The van der Waals surface area contributed by atoms with Crippen LogP contribution < -0.4 is 20.5 Å². The second-order valence-electron chi connectivity index (χ2n) is 4.32. The van der Waals surface area contributed by atoms with Crippen LogP contribution in [0.25, 0.3) is 0 Å². The molecule has 1 fully saturated rings. The van der Waals surface area contributed by atoms with Gasteiger partial charge in [0.05, 0.1) is 39.5 Å². The van der Waals surface area contributed by atoms with Crippen molar-refractivity contribution in [3.8, 4) is 11.5 Å². The van der Waals surface area contributed by atoms with Crippen LogP contribution in [-0.2, 0) is 4.74 Å². The summed E-state index contributed by atoms with van der Waals surface area (Å²) in [5, 5.41) is 2.85. The van der Waals surface area contributed by atoms with Gasteiger partial charge in [0.25, 0.3) is 5.91 Å². The number of amides is 1. The second-order valence-corrected chi connectivity index (χ2v) is 4.32. The van der Waals surface area contributed by atoms with E-state index in [2.05, 4.69) is 5.32 Å². The van der Waals surface area contributed by atoms with Crippen molar-refractivity contribution in [1.82, 2.24) is 5.32 Å². The normalized spacial score (nSPS) is 22.1. The minimum absolute atomic E-state index is 0.190. The van der Waals surface area contributed by atoms with E-state index in [0.717, 1.165) is 0 Å². The van der Waals surface area contributed by atoms with E-state index in [1.165, 1.54) is 14.2 Å². The smallest absolute Gasteiger partial charge is 0.259 e. The van der Waals surface area contributed by atoms with E-state index in [0.29, 0.717) is 30.3 Å². The van der Waals surface area contributed by atoms with Crippen LogP contribution >= 0.6 is 0 Å². The van der Waals surface area contributed by atoms with Gasteiger partial charge in [0.15, 0.2) is 0 Å². The molecular weight excluding hydrogens is 248 g/mol. The van der Waals surface area contributed by atoms with Crippen molar-refractivity contribution in [2.45, 2.75) is 12.1 Å². The molecule has 0 aliphatic carbocycles. The summed E-state index contributed by atoms with van der Waals surface area (Å²) in [6.07, 6.45) is 0. The zero-order valence-electron chi connectivity index (χ0n) is 11.0. The molecule has 1 aromatic rings. The number of hydrogen-bond donors (Lipinski definition) is 2. The van der Waals surface area contributed by atoms with Gasteiger partial charge in [-0.25, -0.2) is 0 Å². The van der Waals surface area contributed by atoms with Gasteiger partial charge in [-0.2, -0.15) is 0 Å². The third-order valence-corrected chi connectivity index (χ3v) is 3.10. The second kappa shape index (κ2) is 5.90. The average Bonchev–Trinajstić information content (AvgIpc) is 2.83. The molecule has 0 aromatic heterocycles. The Morgan fingerprint density at radius 3 is 2.42 bits per heavy atom. The molecule has 0 spiro atoms. The number of benzene rings is 1. The van der Waals surface area contributed by atoms with E-state index in [-0.39, 0.29) is 18.0 Å². The fraction of sp³-hybridized carbons (Fsp3) is 0.462. The van der Waals surface area contributed by atoms with E-state index in [4.69, 9.17) is 19.9 Å². The summed E-state index contributed by atoms with van der Waals surface area (Å²) in [4.78, 5) is 12.3. The molecule has 1 aliphatic heterocycles. The first-order valence-corrected chi connectivity index (χ1v) is 6.02. The van der Waals surface area contributed by atoms with E-state index in [9.17, 15) is 4.79 Å². The van der Waals surface area contributed by atoms with Crippen LogP contribution in [0.2, 0.25) is 0 Å². The molecule has 0 saturated carbocycles. The third kappa shape index (κ3) is 2.80. The summed E-state index contributed by atoms with van der Waals surface area (Å²) in [5.41, 5.74) is 6.21. The Bertz CT molecular complexity index is 442. The molecule has 19 heavy (non-hydrogen) atoms. The highest BCUT2D eigenvalue weighted by Gasteiger charge is 2.28. The largest absolute Gasteiger partial charge is 0.496 e. The Balaban J connectivity index is 2.22. The lowest BCUT2D eigenvalue weighted by Gasteiger charge is -2.18. The first-order chi connectivity index (χ1) is 9.17. The number of carbonyl (C=O) groups is 1. The molecule has 104 valence electrons. The van der Waals surface area contributed by atoms with Crippen molar-refractivity contribution in [2.75, 3.05) is 27.4 Å². The number of methoxy groups -OCH3 is 2. The van der Waals surface area contributed by atoms with Crippen LogP contribution in [0.5, 0.6) is 11.5 Å². The monoisotopic (exact) mass is 266 g/mol. The highest BCUT2D eigenvalue weighted by Crippen LogP contribution is 2.28. The molecule has 6 nitrogen and oxygen atoms in total. The lowest BCUT2D eigenvalue weighted by atomic mass is 10.1. The zero-order valence-corrected chi connectivity index (χ0v) is 11.0. The molecular formula is C13H18N2O4. The summed E-state index contributed by atoms with van der Waals surface area (Å²) in [6.45, 7) is 0.873. The fourth-order valence-corrected chi connectivity index (χ4v) is 2.04. The predicted octanol–water partition coefficient (Wildman–Crippen LogP) is 0.160. The molecule has 1 heterocycles. The van der Waals surface area contributed by atoms with Gasteiger partial charge in [-0.05, 0) is 12.1 Å². The highest BCUT2D eigenvalue weighted by atomic mass is 16.5. The van der Waals surface area contributed by atoms with Crippen molar-refractivity contribution >= 4 is 5.91 Å². The number of ether oxygens (including phenoxy) is 3. The molecule has 6 heteroatoms. The molecule has 0 bridgehead atoms. The lowest BCUT2D eigenvalue weighted by molar-refractivity contribution is 0.0922. The topological polar surface area (TPSA) is 82.8 Å². The Morgan fingerprint density at radius 1 is 1.32 bits per heavy atom. The molecule has 0 radical (unpaired) electrons. The summed E-state index contributed by atoms with van der Waals surface area (Å²) >= 11 is 0. The highest BCUT2D eigenvalue weighted by molar-refractivity contribution is 6.00. The van der Waals surface area contributed by atoms with Gasteiger partial charge in [-0.3, -0.25) is 4.79 Å². The van der Waals surface area contributed by atoms with Gasteiger partial charge in [-0.1, -0.05) is 6.07 Å². The molecule has 2 rings (SSSR count). The van der Waals surface area contributed by atoms with Crippen LogP contribution in [0.1, 0.15) is 10.4 Å². The van der Waals surface area contributed by atoms with Crippen LogP contribution in [-0.4, -0.2) is 45.4 Å². The van der Waals surface area contributed by atoms with Crippen LogP contribution in [0.4, 0.5) is 0 Å². The van der Waals surface area contributed by atoms with E-state index in [1.807, 2.05) is 0 Å². The average molecular weight is 266 g/mol. The van der Waals surface area contributed by atoms with Gasteiger partial charge in [0, 0.05) is 0 Å². The maximum atomic E-state index is 12.3. The Morgan fingerprint density at radius 2 is 1.95 bits per heavy atom. The van der Waals surface area contributed by atoms with Crippen LogP contribution in [0.15, 0.2) is 18.2 Å². The van der Waals surface area contributed by atoms with Gasteiger partial charge in [0.1, 0.15) is 17.1 Å². The molecule has 3 N–H and O–H groups in total. The Labute approximate surface area is 111 Å². The van der Waals surface area contributed by atoms with Crippen molar-refractivity contribution in [1.29, 1.82) is 0 Å². The number of nitrogens with one attached hydrogen (secondary N) is 1. The molecule has 1 amide bonds. The van der Waals surface area contributed by atoms with Gasteiger partial charge in [0.2, 0.25) is 0 Å². The van der Waals surface area contributed by atoms with E-state index >= 15 is 0 Å². The maximum absolute atomic E-state index is 12.3. The number of nitrogens with two attached hydrogens (primary N) is 1. The summed E-state index contributed by atoms with van der Waals surface area (Å²) in [6, 6.07) is 4.80. The summed E-state index contributed by atoms with van der Waals surface area (Å²) < 4.78 is 15.6. The fourth-order valence-electron chi connectivity index (χ4n) is 2.04. The predicted molar refractivity (Wildman–Crippen MR) is 69.6 cm³/mol. The van der Waals surface area contributed by atoms with Gasteiger partial charge in [-0.15, -0.1) is 0 Å². The number of carbonyl (C=O) groups excluding carboxylic acids is 1. The van der Waals surface area contributed by atoms with Gasteiger partial charge < -0.3 is 25.3 Å². The molecule has 2 unspecified atom stereocenters. The quantitative estimate of drug-likeness (QED) is 0.811. The van der Waals surface area contributed by atoms with Crippen molar-refractivity contribution in [3.05, 3.63) is 23.8 Å². The van der Waals surface area contributed by atoms with E-state index in [1.54, 1.807) is 18.2 Å². The van der Waals surface area contributed by atoms with Crippen LogP contribution in [0, 0.1) is 0 Å². The molecule has 1 saturated heterocycles. The first kappa shape index (κ1) is 13.6. The molecule has 1 aliphatic rings. The minimum Gasteiger partial charge on any atom is -0.496 e. The maximum Gasteiger partial charge on any atom is 0.259 e. The zero-order chi connectivity index (χ0) is 13.8. The first-order valence-electron chi connectivity index (χ1n) is 6.02. The summed E-state index contributed by atoms with van der Waals surface area (Å²) in [5.74, 6) is 0.647. The third-order valence-electron chi connectivity index (χ3n) is 3.10. The lowest BCUT2D eigenvalue weighted by Crippen LogP contribution is -2.46. The SMILES string of the molecule is COc1cccc(OC)c1C(=O)NC1COCC1N. The minimum atomic E-state index is -0.278. The van der Waals surface area contributed by atoms with Crippen molar-refractivity contribution < 1.29 is 19.0 Å². The van der Waals surface area contributed by atoms with Gasteiger partial charge >= 0.3 is 0 Å².